The molecule has 1 aromatic rings. The van der Waals surface area contributed by atoms with Crippen molar-refractivity contribution in [1.82, 2.24) is 9.21 Å². The molecule has 0 aromatic heterocycles. The zero-order valence-electron chi connectivity index (χ0n) is 15.4. The third kappa shape index (κ3) is 3.98. The lowest BCUT2D eigenvalue weighted by atomic mass is 9.94. The fraction of sp³-hybridized carbons (Fsp3) is 0.611. The average molecular weight is 395 g/mol. The van der Waals surface area contributed by atoms with Crippen molar-refractivity contribution in [3.63, 3.8) is 0 Å². The van der Waals surface area contributed by atoms with E-state index < -0.39 is 20.6 Å². The standard InChI is InChI=1S/C18H25N3O5S/c1-14-6-4-5-11-20(14)18(22)15-9-12-19(13-10-15)27(25,26)17-8-3-2-7-16(17)21(23)24/h2-3,7-8,14-15H,4-6,9-13H2,1H3/t14-/m1/s1. The SMILES string of the molecule is C[C@@H]1CCCCN1C(=O)C1CCN(S(=O)(=O)c2ccccc2[N+](=O)[O-])CC1. The number of piperidine rings is 2. The van der Waals surface area contributed by atoms with Gasteiger partial charge in [0.15, 0.2) is 4.90 Å². The zero-order valence-corrected chi connectivity index (χ0v) is 16.2. The second kappa shape index (κ2) is 7.93. The highest BCUT2D eigenvalue weighted by Crippen LogP contribution is 2.30. The monoisotopic (exact) mass is 395 g/mol. The summed E-state index contributed by atoms with van der Waals surface area (Å²) in [7, 11) is -3.96. The number of hydrogen-bond acceptors (Lipinski definition) is 5. The third-order valence-corrected chi connectivity index (χ3v) is 7.52. The number of nitro groups is 1. The Morgan fingerprint density at radius 3 is 2.41 bits per heavy atom. The Kier molecular flexibility index (Phi) is 5.81. The van der Waals surface area contributed by atoms with Crippen molar-refractivity contribution in [3.8, 4) is 0 Å². The van der Waals surface area contributed by atoms with Crippen LogP contribution in [-0.4, -0.2) is 54.1 Å². The van der Waals surface area contributed by atoms with E-state index in [0.717, 1.165) is 25.8 Å². The number of para-hydroxylation sites is 1. The maximum Gasteiger partial charge on any atom is 0.289 e. The van der Waals surface area contributed by atoms with Crippen LogP contribution in [0.15, 0.2) is 29.2 Å². The smallest absolute Gasteiger partial charge is 0.289 e. The minimum Gasteiger partial charge on any atom is -0.340 e. The van der Waals surface area contributed by atoms with E-state index in [-0.39, 0.29) is 35.9 Å². The molecular formula is C18H25N3O5S. The molecule has 0 N–H and O–H groups in total. The van der Waals surface area contributed by atoms with Crippen LogP contribution in [0, 0.1) is 16.0 Å². The number of sulfonamides is 1. The molecule has 2 aliphatic rings. The molecule has 9 heteroatoms. The van der Waals surface area contributed by atoms with Crippen LogP contribution in [0.5, 0.6) is 0 Å². The quantitative estimate of drug-likeness (QED) is 0.575. The Balaban J connectivity index is 1.70. The lowest BCUT2D eigenvalue weighted by Crippen LogP contribution is -2.48. The molecule has 2 fully saturated rings. The Labute approximate surface area is 159 Å². The molecule has 2 heterocycles. The number of benzene rings is 1. The summed E-state index contributed by atoms with van der Waals surface area (Å²) in [6.07, 6.45) is 4.05. The highest BCUT2D eigenvalue weighted by molar-refractivity contribution is 7.89. The van der Waals surface area contributed by atoms with Crippen molar-refractivity contribution in [2.75, 3.05) is 19.6 Å². The van der Waals surface area contributed by atoms with Gasteiger partial charge in [0.05, 0.1) is 4.92 Å². The van der Waals surface area contributed by atoms with Crippen LogP contribution in [0.3, 0.4) is 0 Å². The van der Waals surface area contributed by atoms with Crippen molar-refractivity contribution in [3.05, 3.63) is 34.4 Å². The minimum absolute atomic E-state index is 0.116. The van der Waals surface area contributed by atoms with Gasteiger partial charge in [-0.15, -0.1) is 0 Å². The Hall–Kier alpha value is -2.00. The summed E-state index contributed by atoms with van der Waals surface area (Å²) in [6.45, 7) is 3.24. The largest absolute Gasteiger partial charge is 0.340 e. The van der Waals surface area contributed by atoms with Crippen LogP contribution in [0.25, 0.3) is 0 Å². The van der Waals surface area contributed by atoms with E-state index in [1.807, 2.05) is 4.90 Å². The number of likely N-dealkylation sites (tertiary alicyclic amines) is 1. The van der Waals surface area contributed by atoms with Gasteiger partial charge in [-0.3, -0.25) is 14.9 Å². The number of rotatable bonds is 4. The van der Waals surface area contributed by atoms with Gasteiger partial charge in [-0.05, 0) is 45.1 Å². The number of carbonyl (C=O) groups excluding carboxylic acids is 1. The van der Waals surface area contributed by atoms with Gasteiger partial charge in [0.2, 0.25) is 15.9 Å². The van der Waals surface area contributed by atoms with Gasteiger partial charge in [0.1, 0.15) is 0 Å². The highest BCUT2D eigenvalue weighted by Gasteiger charge is 2.37. The van der Waals surface area contributed by atoms with Gasteiger partial charge in [-0.25, -0.2) is 8.42 Å². The fourth-order valence-electron chi connectivity index (χ4n) is 3.97. The van der Waals surface area contributed by atoms with Gasteiger partial charge < -0.3 is 4.90 Å². The first kappa shape index (κ1) is 19.8. The summed E-state index contributed by atoms with van der Waals surface area (Å²) in [4.78, 5) is 24.9. The van der Waals surface area contributed by atoms with Gasteiger partial charge in [0, 0.05) is 37.7 Å². The van der Waals surface area contributed by atoms with Gasteiger partial charge in [-0.2, -0.15) is 4.31 Å². The van der Waals surface area contributed by atoms with E-state index in [0.29, 0.717) is 12.8 Å². The molecule has 148 valence electrons. The summed E-state index contributed by atoms with van der Waals surface area (Å²) < 4.78 is 27.0. The van der Waals surface area contributed by atoms with Crippen LogP contribution in [0.1, 0.15) is 39.0 Å². The molecule has 27 heavy (non-hydrogen) atoms. The Bertz CT molecular complexity index is 818. The number of nitrogens with zero attached hydrogens (tertiary/aromatic N) is 3. The van der Waals surface area contributed by atoms with Crippen LogP contribution in [0.2, 0.25) is 0 Å². The maximum absolute atomic E-state index is 12.9. The molecule has 0 unspecified atom stereocenters. The van der Waals surface area contributed by atoms with Crippen molar-refractivity contribution in [2.45, 2.75) is 50.0 Å². The molecule has 8 nitrogen and oxygen atoms in total. The molecule has 0 aliphatic carbocycles. The molecule has 1 amide bonds. The number of hydrogen-bond donors (Lipinski definition) is 0. The lowest BCUT2D eigenvalue weighted by Gasteiger charge is -2.38. The zero-order chi connectivity index (χ0) is 19.6. The van der Waals surface area contributed by atoms with Crippen molar-refractivity contribution < 1.29 is 18.1 Å². The van der Waals surface area contributed by atoms with E-state index in [9.17, 15) is 23.3 Å². The van der Waals surface area contributed by atoms with Crippen LogP contribution in [0.4, 0.5) is 5.69 Å². The summed E-state index contributed by atoms with van der Waals surface area (Å²) in [5, 5.41) is 11.2. The lowest BCUT2D eigenvalue weighted by molar-refractivity contribution is -0.387. The summed E-state index contributed by atoms with van der Waals surface area (Å²) in [5.41, 5.74) is -0.419. The summed E-state index contributed by atoms with van der Waals surface area (Å²) in [5.74, 6) is -0.0623. The third-order valence-electron chi connectivity index (χ3n) is 5.57. The Morgan fingerprint density at radius 1 is 1.11 bits per heavy atom. The molecule has 0 spiro atoms. The van der Waals surface area contributed by atoms with Crippen LogP contribution >= 0.6 is 0 Å². The molecule has 0 radical (unpaired) electrons. The van der Waals surface area contributed by atoms with Gasteiger partial charge in [0.25, 0.3) is 5.69 Å². The van der Waals surface area contributed by atoms with Crippen molar-refractivity contribution in [2.24, 2.45) is 5.92 Å². The number of carbonyl (C=O) groups is 1. The van der Waals surface area contributed by atoms with E-state index in [1.165, 1.54) is 28.6 Å². The van der Waals surface area contributed by atoms with Crippen molar-refractivity contribution >= 4 is 21.6 Å². The molecule has 0 saturated carbocycles. The molecule has 2 saturated heterocycles. The molecular weight excluding hydrogens is 370 g/mol. The average Bonchev–Trinajstić information content (AvgIpc) is 2.68. The Morgan fingerprint density at radius 2 is 1.78 bits per heavy atom. The molecule has 2 aliphatic heterocycles. The summed E-state index contributed by atoms with van der Waals surface area (Å²) >= 11 is 0. The van der Waals surface area contributed by atoms with E-state index >= 15 is 0 Å². The maximum atomic E-state index is 12.9. The molecule has 1 aromatic carbocycles. The first-order chi connectivity index (χ1) is 12.8. The predicted octanol–water partition coefficient (Wildman–Crippen LogP) is 2.40. The van der Waals surface area contributed by atoms with E-state index in [2.05, 4.69) is 6.92 Å². The predicted molar refractivity (Wildman–Crippen MR) is 99.6 cm³/mol. The molecule has 1 atom stereocenters. The number of amides is 1. The van der Waals surface area contributed by atoms with E-state index in [1.54, 1.807) is 0 Å². The fourth-order valence-corrected chi connectivity index (χ4v) is 5.60. The van der Waals surface area contributed by atoms with Gasteiger partial charge >= 0.3 is 0 Å². The van der Waals surface area contributed by atoms with E-state index in [4.69, 9.17) is 0 Å². The highest BCUT2D eigenvalue weighted by atomic mass is 32.2. The molecule has 3 rings (SSSR count). The number of nitro benzene ring substituents is 1. The summed E-state index contributed by atoms with van der Waals surface area (Å²) in [6, 6.07) is 5.62. The van der Waals surface area contributed by atoms with Crippen LogP contribution in [-0.2, 0) is 14.8 Å². The minimum atomic E-state index is -3.96. The first-order valence-electron chi connectivity index (χ1n) is 9.36. The van der Waals surface area contributed by atoms with Crippen molar-refractivity contribution in [1.29, 1.82) is 0 Å². The topological polar surface area (TPSA) is 101 Å². The normalized spacial score (nSPS) is 22.6. The molecule has 0 bridgehead atoms. The van der Waals surface area contributed by atoms with Crippen LogP contribution < -0.4 is 0 Å². The second-order valence-electron chi connectivity index (χ2n) is 7.28. The van der Waals surface area contributed by atoms with Gasteiger partial charge in [-0.1, -0.05) is 12.1 Å². The first-order valence-corrected chi connectivity index (χ1v) is 10.8. The second-order valence-corrected chi connectivity index (χ2v) is 9.19.